The molecule has 0 spiro atoms. The maximum Gasteiger partial charge on any atom is 0.126 e. The number of hydrogen-bond acceptors (Lipinski definition) is 1. The molecule has 1 N–H and O–H groups in total. The topological polar surface area (TPSA) is 12.0 Å². The summed E-state index contributed by atoms with van der Waals surface area (Å²) >= 11 is 6.15. The summed E-state index contributed by atoms with van der Waals surface area (Å²) in [5, 5.41) is 3.99. The van der Waals surface area contributed by atoms with Gasteiger partial charge in [-0.3, -0.25) is 0 Å². The van der Waals surface area contributed by atoms with Gasteiger partial charge < -0.3 is 5.32 Å². The lowest BCUT2D eigenvalue weighted by atomic mass is 10.1. The molecule has 3 heteroatoms. The van der Waals surface area contributed by atoms with E-state index in [1.54, 1.807) is 19.1 Å². The van der Waals surface area contributed by atoms with E-state index >= 15 is 0 Å². The fourth-order valence-corrected chi connectivity index (χ4v) is 2.05. The quantitative estimate of drug-likeness (QED) is 0.846. The summed E-state index contributed by atoms with van der Waals surface area (Å²) in [7, 11) is 0. The van der Waals surface area contributed by atoms with Crippen LogP contribution in [0.3, 0.4) is 0 Å². The highest BCUT2D eigenvalue weighted by molar-refractivity contribution is 6.31. The summed E-state index contributed by atoms with van der Waals surface area (Å²) < 4.78 is 13.1. The lowest BCUT2D eigenvalue weighted by molar-refractivity contribution is 0.618. The summed E-state index contributed by atoms with van der Waals surface area (Å²) in [5.41, 5.74) is 3.70. The van der Waals surface area contributed by atoms with Crippen LogP contribution in [0.15, 0.2) is 36.4 Å². The highest BCUT2D eigenvalue weighted by Gasteiger charge is 2.02. The lowest BCUT2D eigenvalue weighted by Gasteiger charge is -2.09. The van der Waals surface area contributed by atoms with Crippen LogP contribution in [0.5, 0.6) is 0 Å². The van der Waals surface area contributed by atoms with E-state index in [1.807, 2.05) is 25.1 Å². The molecule has 0 radical (unpaired) electrons. The third kappa shape index (κ3) is 3.02. The number of anilines is 1. The Balaban J connectivity index is 2.09. The molecule has 2 aromatic carbocycles. The van der Waals surface area contributed by atoms with Crippen molar-refractivity contribution in [3.8, 4) is 0 Å². The first kappa shape index (κ1) is 12.9. The third-order valence-corrected chi connectivity index (χ3v) is 3.20. The van der Waals surface area contributed by atoms with E-state index in [0.717, 1.165) is 21.8 Å². The Morgan fingerprint density at radius 1 is 1.11 bits per heavy atom. The number of rotatable bonds is 3. The lowest BCUT2D eigenvalue weighted by Crippen LogP contribution is -2.00. The van der Waals surface area contributed by atoms with Crippen LogP contribution in [0.25, 0.3) is 0 Å². The van der Waals surface area contributed by atoms with Gasteiger partial charge in [0.1, 0.15) is 5.82 Å². The minimum absolute atomic E-state index is 0.186. The van der Waals surface area contributed by atoms with Gasteiger partial charge in [0.05, 0.1) is 0 Å². The van der Waals surface area contributed by atoms with E-state index in [1.165, 1.54) is 6.07 Å². The maximum absolute atomic E-state index is 13.1. The van der Waals surface area contributed by atoms with Gasteiger partial charge in [-0.1, -0.05) is 23.7 Å². The molecule has 0 aliphatic carbocycles. The van der Waals surface area contributed by atoms with Crippen LogP contribution < -0.4 is 5.32 Å². The summed E-state index contributed by atoms with van der Waals surface area (Å²) in [4.78, 5) is 0. The Bertz CT molecular complexity index is 566. The Hall–Kier alpha value is -1.54. The molecule has 94 valence electrons. The smallest absolute Gasteiger partial charge is 0.126 e. The number of halogens is 2. The normalized spacial score (nSPS) is 10.4. The van der Waals surface area contributed by atoms with Crippen molar-refractivity contribution in [3.63, 3.8) is 0 Å². The summed E-state index contributed by atoms with van der Waals surface area (Å²) in [6, 6.07) is 10.9. The monoisotopic (exact) mass is 263 g/mol. The minimum atomic E-state index is -0.186. The van der Waals surface area contributed by atoms with Crippen molar-refractivity contribution in [3.05, 3.63) is 63.9 Å². The average Bonchev–Trinajstić information content (AvgIpc) is 2.32. The Morgan fingerprint density at radius 2 is 1.89 bits per heavy atom. The second-order valence-corrected chi connectivity index (χ2v) is 4.82. The molecular weight excluding hydrogens is 249 g/mol. The van der Waals surface area contributed by atoms with Crippen molar-refractivity contribution in [2.75, 3.05) is 5.32 Å². The molecule has 0 aliphatic heterocycles. The molecule has 0 unspecified atom stereocenters. The standard InChI is InChI=1S/C15H15ClFN/c1-10-3-4-12(14(16)7-10)9-18-13-5-6-15(17)11(2)8-13/h3-8,18H,9H2,1-2H3. The van der Waals surface area contributed by atoms with Crippen molar-refractivity contribution in [1.82, 2.24) is 0 Å². The average molecular weight is 264 g/mol. The van der Waals surface area contributed by atoms with Crippen molar-refractivity contribution >= 4 is 17.3 Å². The van der Waals surface area contributed by atoms with Crippen LogP contribution in [0.1, 0.15) is 16.7 Å². The van der Waals surface area contributed by atoms with Gasteiger partial charge in [-0.05, 0) is 54.8 Å². The summed E-state index contributed by atoms with van der Waals surface area (Å²) in [6.07, 6.45) is 0. The molecule has 0 saturated carbocycles. The predicted octanol–water partition coefficient (Wildman–Crippen LogP) is 4.71. The molecule has 0 atom stereocenters. The highest BCUT2D eigenvalue weighted by Crippen LogP contribution is 2.20. The molecule has 1 nitrogen and oxygen atoms in total. The van der Waals surface area contributed by atoms with Crippen LogP contribution >= 0.6 is 11.6 Å². The second kappa shape index (κ2) is 5.40. The maximum atomic E-state index is 13.1. The molecule has 2 aromatic rings. The number of aryl methyl sites for hydroxylation is 2. The van der Waals surface area contributed by atoms with E-state index in [2.05, 4.69) is 5.32 Å². The predicted molar refractivity (Wildman–Crippen MR) is 74.7 cm³/mol. The molecule has 0 bridgehead atoms. The van der Waals surface area contributed by atoms with Gasteiger partial charge >= 0.3 is 0 Å². The van der Waals surface area contributed by atoms with Gasteiger partial charge in [-0.25, -0.2) is 4.39 Å². The van der Waals surface area contributed by atoms with Crippen molar-refractivity contribution in [1.29, 1.82) is 0 Å². The van der Waals surface area contributed by atoms with Crippen LogP contribution in [-0.2, 0) is 6.54 Å². The van der Waals surface area contributed by atoms with Crippen LogP contribution in [0, 0.1) is 19.7 Å². The summed E-state index contributed by atoms with van der Waals surface area (Å²) in [6.45, 7) is 4.38. The third-order valence-electron chi connectivity index (χ3n) is 2.85. The first-order chi connectivity index (χ1) is 8.56. The van der Waals surface area contributed by atoms with Crippen LogP contribution in [0.4, 0.5) is 10.1 Å². The summed E-state index contributed by atoms with van der Waals surface area (Å²) in [5.74, 6) is -0.186. The van der Waals surface area contributed by atoms with Gasteiger partial charge in [-0.2, -0.15) is 0 Å². The van der Waals surface area contributed by atoms with Crippen molar-refractivity contribution in [2.45, 2.75) is 20.4 Å². The highest BCUT2D eigenvalue weighted by atomic mass is 35.5. The first-order valence-corrected chi connectivity index (χ1v) is 6.19. The molecule has 2 rings (SSSR count). The second-order valence-electron chi connectivity index (χ2n) is 4.41. The van der Waals surface area contributed by atoms with Gasteiger partial charge in [0.2, 0.25) is 0 Å². The molecular formula is C15H15ClFN. The van der Waals surface area contributed by atoms with E-state index in [0.29, 0.717) is 12.1 Å². The van der Waals surface area contributed by atoms with Gasteiger partial charge in [0.25, 0.3) is 0 Å². The largest absolute Gasteiger partial charge is 0.381 e. The van der Waals surface area contributed by atoms with E-state index < -0.39 is 0 Å². The van der Waals surface area contributed by atoms with Gasteiger partial charge in [0.15, 0.2) is 0 Å². The fraction of sp³-hybridized carbons (Fsp3) is 0.200. The zero-order chi connectivity index (χ0) is 13.1. The minimum Gasteiger partial charge on any atom is -0.381 e. The number of hydrogen-bond donors (Lipinski definition) is 1. The SMILES string of the molecule is Cc1ccc(CNc2ccc(F)c(C)c2)c(Cl)c1. The number of benzene rings is 2. The van der Waals surface area contributed by atoms with E-state index in [9.17, 15) is 4.39 Å². The Morgan fingerprint density at radius 3 is 2.56 bits per heavy atom. The van der Waals surface area contributed by atoms with Crippen molar-refractivity contribution < 1.29 is 4.39 Å². The zero-order valence-corrected chi connectivity index (χ0v) is 11.2. The van der Waals surface area contributed by atoms with E-state index in [-0.39, 0.29) is 5.82 Å². The van der Waals surface area contributed by atoms with Gasteiger partial charge in [-0.15, -0.1) is 0 Å². The molecule has 0 amide bonds. The Labute approximate surface area is 112 Å². The molecule has 18 heavy (non-hydrogen) atoms. The molecule has 0 aromatic heterocycles. The molecule has 0 saturated heterocycles. The van der Waals surface area contributed by atoms with Crippen molar-refractivity contribution in [2.24, 2.45) is 0 Å². The fourth-order valence-electron chi connectivity index (χ4n) is 1.75. The van der Waals surface area contributed by atoms with E-state index in [4.69, 9.17) is 11.6 Å². The first-order valence-electron chi connectivity index (χ1n) is 5.81. The molecule has 0 fully saturated rings. The van der Waals surface area contributed by atoms with Crippen LogP contribution in [-0.4, -0.2) is 0 Å². The zero-order valence-electron chi connectivity index (χ0n) is 10.4. The number of nitrogens with one attached hydrogen (secondary N) is 1. The molecule has 0 heterocycles. The Kier molecular flexibility index (Phi) is 3.87. The van der Waals surface area contributed by atoms with Gasteiger partial charge in [0, 0.05) is 17.3 Å². The van der Waals surface area contributed by atoms with Crippen LogP contribution in [0.2, 0.25) is 5.02 Å². The molecule has 0 aliphatic rings.